The standard InChI is InChI=1S/C23H20N2O4/c26-21(25-23(28)24-15-17-7-3-1-4-8-17)16-29-20-13-11-19(12-14-20)22(27)18-9-5-2-6-10-18/h1-14H,15-16H2,(H2,24,25,26,28). The third kappa shape index (κ3) is 6.04. The molecule has 3 rings (SSSR count). The highest BCUT2D eigenvalue weighted by molar-refractivity contribution is 6.09. The van der Waals surface area contributed by atoms with Crippen molar-refractivity contribution in [3.05, 3.63) is 102 Å². The van der Waals surface area contributed by atoms with Gasteiger partial charge in [0.15, 0.2) is 12.4 Å². The first-order chi connectivity index (χ1) is 14.1. The van der Waals surface area contributed by atoms with Gasteiger partial charge in [0.25, 0.3) is 5.91 Å². The number of rotatable bonds is 7. The summed E-state index contributed by atoms with van der Waals surface area (Å²) in [4.78, 5) is 36.0. The van der Waals surface area contributed by atoms with Crippen molar-refractivity contribution in [2.24, 2.45) is 0 Å². The van der Waals surface area contributed by atoms with Crippen LogP contribution in [0.3, 0.4) is 0 Å². The van der Waals surface area contributed by atoms with Crippen LogP contribution in [-0.4, -0.2) is 24.3 Å². The normalized spacial score (nSPS) is 10.1. The van der Waals surface area contributed by atoms with Gasteiger partial charge in [-0.05, 0) is 29.8 Å². The van der Waals surface area contributed by atoms with E-state index in [1.54, 1.807) is 48.5 Å². The molecule has 0 aliphatic carbocycles. The molecule has 2 N–H and O–H groups in total. The molecule has 29 heavy (non-hydrogen) atoms. The van der Waals surface area contributed by atoms with Crippen LogP contribution in [0.5, 0.6) is 5.75 Å². The fourth-order valence-electron chi connectivity index (χ4n) is 2.59. The van der Waals surface area contributed by atoms with E-state index in [0.29, 0.717) is 23.4 Å². The van der Waals surface area contributed by atoms with E-state index in [9.17, 15) is 14.4 Å². The van der Waals surface area contributed by atoms with Gasteiger partial charge < -0.3 is 10.1 Å². The maximum absolute atomic E-state index is 12.4. The van der Waals surface area contributed by atoms with Crippen molar-refractivity contribution in [3.63, 3.8) is 0 Å². The highest BCUT2D eigenvalue weighted by atomic mass is 16.5. The van der Waals surface area contributed by atoms with Crippen LogP contribution in [0, 0.1) is 0 Å². The SMILES string of the molecule is O=C(COc1ccc(C(=O)c2ccccc2)cc1)NC(=O)NCc1ccccc1. The van der Waals surface area contributed by atoms with Crippen LogP contribution in [0.2, 0.25) is 0 Å². The number of carbonyl (C=O) groups excluding carboxylic acids is 3. The number of urea groups is 1. The van der Waals surface area contributed by atoms with Gasteiger partial charge in [0.2, 0.25) is 0 Å². The molecule has 0 unspecified atom stereocenters. The molecule has 0 saturated heterocycles. The van der Waals surface area contributed by atoms with Crippen LogP contribution in [0.25, 0.3) is 0 Å². The molecule has 0 heterocycles. The highest BCUT2D eigenvalue weighted by Crippen LogP contribution is 2.15. The second-order valence-electron chi connectivity index (χ2n) is 6.22. The summed E-state index contributed by atoms with van der Waals surface area (Å²) < 4.78 is 5.37. The maximum Gasteiger partial charge on any atom is 0.321 e. The molecule has 0 spiro atoms. The van der Waals surface area contributed by atoms with E-state index in [1.165, 1.54) is 0 Å². The molecule has 3 amide bonds. The Morgan fingerprint density at radius 2 is 1.31 bits per heavy atom. The van der Waals surface area contributed by atoms with Gasteiger partial charge in [-0.3, -0.25) is 14.9 Å². The molecule has 3 aromatic carbocycles. The average Bonchev–Trinajstić information content (AvgIpc) is 2.77. The molecule has 0 aliphatic rings. The van der Waals surface area contributed by atoms with E-state index in [4.69, 9.17) is 4.74 Å². The van der Waals surface area contributed by atoms with Crippen molar-refractivity contribution >= 4 is 17.7 Å². The van der Waals surface area contributed by atoms with Crippen molar-refractivity contribution < 1.29 is 19.1 Å². The van der Waals surface area contributed by atoms with Crippen LogP contribution in [0.4, 0.5) is 4.79 Å². The van der Waals surface area contributed by atoms with Gasteiger partial charge in [-0.15, -0.1) is 0 Å². The van der Waals surface area contributed by atoms with Gasteiger partial charge in [-0.2, -0.15) is 0 Å². The lowest BCUT2D eigenvalue weighted by Gasteiger charge is -2.09. The summed E-state index contributed by atoms with van der Waals surface area (Å²) in [7, 11) is 0. The van der Waals surface area contributed by atoms with Crippen LogP contribution < -0.4 is 15.4 Å². The summed E-state index contributed by atoms with van der Waals surface area (Å²) in [6.45, 7) is 0.00243. The number of hydrogen-bond acceptors (Lipinski definition) is 4. The minimum absolute atomic E-state index is 0.0926. The Balaban J connectivity index is 1.44. The maximum atomic E-state index is 12.4. The van der Waals surface area contributed by atoms with E-state index in [2.05, 4.69) is 10.6 Å². The lowest BCUT2D eigenvalue weighted by Crippen LogP contribution is -2.41. The lowest BCUT2D eigenvalue weighted by atomic mass is 10.0. The van der Waals surface area contributed by atoms with Crippen molar-refractivity contribution in [2.75, 3.05) is 6.61 Å². The second kappa shape index (κ2) is 9.85. The molecular formula is C23H20N2O4. The number of amides is 3. The summed E-state index contributed by atoms with van der Waals surface area (Å²) >= 11 is 0. The van der Waals surface area contributed by atoms with Crippen LogP contribution in [0.1, 0.15) is 21.5 Å². The van der Waals surface area contributed by atoms with Gasteiger partial charge >= 0.3 is 6.03 Å². The van der Waals surface area contributed by atoms with Gasteiger partial charge in [-0.25, -0.2) is 4.79 Å². The second-order valence-corrected chi connectivity index (χ2v) is 6.22. The molecule has 0 radical (unpaired) electrons. The van der Waals surface area contributed by atoms with Crippen molar-refractivity contribution in [3.8, 4) is 5.75 Å². The van der Waals surface area contributed by atoms with Crippen LogP contribution >= 0.6 is 0 Å². The smallest absolute Gasteiger partial charge is 0.321 e. The molecule has 0 aliphatic heterocycles. The third-order valence-electron chi connectivity index (χ3n) is 4.07. The quantitative estimate of drug-likeness (QED) is 0.608. The Hall–Kier alpha value is -3.93. The summed E-state index contributed by atoms with van der Waals surface area (Å²) in [6.07, 6.45) is 0. The van der Waals surface area contributed by atoms with Gasteiger partial charge in [-0.1, -0.05) is 60.7 Å². The first-order valence-electron chi connectivity index (χ1n) is 9.06. The molecule has 6 heteroatoms. The predicted octanol–water partition coefficient (Wildman–Crippen LogP) is 3.32. The number of imide groups is 1. The molecule has 0 aromatic heterocycles. The molecule has 3 aromatic rings. The van der Waals surface area contributed by atoms with Gasteiger partial charge in [0, 0.05) is 17.7 Å². The Labute approximate surface area is 168 Å². The number of nitrogens with one attached hydrogen (secondary N) is 2. The topological polar surface area (TPSA) is 84.5 Å². The minimum atomic E-state index is -0.591. The number of ketones is 1. The van der Waals surface area contributed by atoms with Gasteiger partial charge in [0.1, 0.15) is 5.75 Å². The third-order valence-corrected chi connectivity index (χ3v) is 4.07. The summed E-state index contributed by atoms with van der Waals surface area (Å²) in [5.41, 5.74) is 2.05. The zero-order chi connectivity index (χ0) is 20.5. The molecular weight excluding hydrogens is 368 g/mol. The lowest BCUT2D eigenvalue weighted by molar-refractivity contribution is -0.122. The fourth-order valence-corrected chi connectivity index (χ4v) is 2.59. The Morgan fingerprint density at radius 1 is 0.724 bits per heavy atom. The van der Waals surface area contributed by atoms with Crippen LogP contribution in [-0.2, 0) is 11.3 Å². The molecule has 6 nitrogen and oxygen atoms in total. The number of benzene rings is 3. The number of ether oxygens (including phenoxy) is 1. The van der Waals surface area contributed by atoms with Crippen molar-refractivity contribution in [1.29, 1.82) is 0 Å². The van der Waals surface area contributed by atoms with Gasteiger partial charge in [0.05, 0.1) is 0 Å². The highest BCUT2D eigenvalue weighted by Gasteiger charge is 2.10. The Kier molecular flexibility index (Phi) is 6.73. The first kappa shape index (κ1) is 19.8. The molecule has 146 valence electrons. The molecule has 0 atom stereocenters. The zero-order valence-electron chi connectivity index (χ0n) is 15.6. The molecule has 0 fully saturated rings. The number of carbonyl (C=O) groups is 3. The number of hydrogen-bond donors (Lipinski definition) is 2. The first-order valence-corrected chi connectivity index (χ1v) is 9.06. The van der Waals surface area contributed by atoms with Crippen molar-refractivity contribution in [2.45, 2.75) is 6.54 Å². The van der Waals surface area contributed by atoms with Crippen LogP contribution in [0.15, 0.2) is 84.9 Å². The summed E-state index contributed by atoms with van der Waals surface area (Å²) in [5, 5.41) is 4.80. The monoisotopic (exact) mass is 388 g/mol. The average molecular weight is 388 g/mol. The van der Waals surface area contributed by atoms with E-state index >= 15 is 0 Å². The predicted molar refractivity (Wildman–Crippen MR) is 109 cm³/mol. The fraction of sp³-hybridized carbons (Fsp3) is 0.0870. The summed E-state index contributed by atoms with van der Waals surface area (Å²) in [5.74, 6) is -0.237. The minimum Gasteiger partial charge on any atom is -0.484 e. The van der Waals surface area contributed by atoms with E-state index < -0.39 is 11.9 Å². The largest absolute Gasteiger partial charge is 0.484 e. The van der Waals surface area contributed by atoms with E-state index in [1.807, 2.05) is 36.4 Å². The molecule has 0 saturated carbocycles. The Bertz CT molecular complexity index is 971. The van der Waals surface area contributed by atoms with Crippen molar-refractivity contribution in [1.82, 2.24) is 10.6 Å². The van der Waals surface area contributed by atoms with E-state index in [-0.39, 0.29) is 12.4 Å². The van der Waals surface area contributed by atoms with E-state index in [0.717, 1.165) is 5.56 Å². The molecule has 0 bridgehead atoms. The zero-order valence-corrected chi connectivity index (χ0v) is 15.6. The summed E-state index contributed by atoms with van der Waals surface area (Å²) in [6, 6.07) is 24.2. The Morgan fingerprint density at radius 3 is 1.97 bits per heavy atom.